The fourth-order valence-corrected chi connectivity index (χ4v) is 3.32. The third-order valence-corrected chi connectivity index (χ3v) is 5.09. The van der Waals surface area contributed by atoms with Gasteiger partial charge in [0.1, 0.15) is 11.5 Å². The highest BCUT2D eigenvalue weighted by Gasteiger charge is 2.25. The van der Waals surface area contributed by atoms with Crippen molar-refractivity contribution in [2.24, 2.45) is 0 Å². The summed E-state index contributed by atoms with van der Waals surface area (Å²) >= 11 is 0. The van der Waals surface area contributed by atoms with Gasteiger partial charge >= 0.3 is 0 Å². The molecule has 1 saturated carbocycles. The maximum atomic E-state index is 12.1. The number of anilines is 2. The van der Waals surface area contributed by atoms with Crippen LogP contribution in [0.1, 0.15) is 41.6 Å². The van der Waals surface area contributed by atoms with E-state index >= 15 is 0 Å². The van der Waals surface area contributed by atoms with Crippen molar-refractivity contribution in [2.45, 2.75) is 38.3 Å². The van der Waals surface area contributed by atoms with Crippen LogP contribution >= 0.6 is 0 Å². The third kappa shape index (κ3) is 4.21. The lowest BCUT2D eigenvalue weighted by atomic mass is 10.1. The van der Waals surface area contributed by atoms with Crippen LogP contribution in [0.2, 0.25) is 0 Å². The van der Waals surface area contributed by atoms with E-state index in [4.69, 9.17) is 0 Å². The Balaban J connectivity index is 1.43. The van der Waals surface area contributed by atoms with Crippen LogP contribution in [0, 0.1) is 10.1 Å². The molecule has 28 heavy (non-hydrogen) atoms. The number of carbonyl (C=O) groups is 1. The molecule has 8 nitrogen and oxygen atoms in total. The molecule has 1 aliphatic carbocycles. The fourth-order valence-electron chi connectivity index (χ4n) is 3.32. The molecule has 146 valence electrons. The van der Waals surface area contributed by atoms with E-state index in [1.54, 1.807) is 18.3 Å². The number of pyridine rings is 1. The molecular weight excluding hydrogens is 358 g/mol. The summed E-state index contributed by atoms with van der Waals surface area (Å²) in [5, 5.41) is 17.4. The van der Waals surface area contributed by atoms with E-state index in [1.165, 1.54) is 18.9 Å². The summed E-state index contributed by atoms with van der Waals surface area (Å²) in [4.78, 5) is 29.9. The summed E-state index contributed by atoms with van der Waals surface area (Å²) in [6.45, 7) is 2.50. The number of carbonyl (C=O) groups excluding carboxylic acids is 1. The molecule has 2 fully saturated rings. The first-order valence-corrected chi connectivity index (χ1v) is 9.63. The smallest absolute Gasteiger partial charge is 0.293 e. The molecule has 0 radical (unpaired) electrons. The van der Waals surface area contributed by atoms with Crippen molar-refractivity contribution < 1.29 is 9.72 Å². The Morgan fingerprint density at radius 2 is 2.00 bits per heavy atom. The van der Waals surface area contributed by atoms with Crippen LogP contribution in [0.25, 0.3) is 0 Å². The third-order valence-electron chi connectivity index (χ3n) is 5.09. The molecule has 1 amide bonds. The van der Waals surface area contributed by atoms with Crippen molar-refractivity contribution >= 4 is 23.1 Å². The zero-order chi connectivity index (χ0) is 19.5. The van der Waals surface area contributed by atoms with Crippen LogP contribution in [-0.4, -0.2) is 34.9 Å². The molecule has 2 aliphatic rings. The number of hydrogen-bond donors (Lipinski definition) is 2. The van der Waals surface area contributed by atoms with E-state index < -0.39 is 4.92 Å². The quantitative estimate of drug-likeness (QED) is 0.565. The summed E-state index contributed by atoms with van der Waals surface area (Å²) in [6, 6.07) is 8.71. The average molecular weight is 381 g/mol. The molecule has 8 heteroatoms. The standard InChI is InChI=1S/C20H23N5O3/c26-20(23-16-5-6-16)15-4-7-17(18(11-15)25(27)28)21-12-14-3-8-19(22-13-14)24-9-1-2-10-24/h3-4,7-8,11,13,16,21H,1-2,5-6,9-10,12H2,(H,23,26). The summed E-state index contributed by atoms with van der Waals surface area (Å²) in [5.74, 6) is 0.706. The lowest BCUT2D eigenvalue weighted by molar-refractivity contribution is -0.384. The van der Waals surface area contributed by atoms with Gasteiger partial charge in [-0.15, -0.1) is 0 Å². The van der Waals surface area contributed by atoms with Gasteiger partial charge in [-0.25, -0.2) is 4.98 Å². The van der Waals surface area contributed by atoms with Crippen molar-refractivity contribution in [1.29, 1.82) is 0 Å². The molecule has 4 rings (SSSR count). The minimum absolute atomic E-state index is 0.106. The Kier molecular flexibility index (Phi) is 5.10. The summed E-state index contributed by atoms with van der Waals surface area (Å²) in [5.41, 5.74) is 1.52. The molecular formula is C20H23N5O3. The van der Waals surface area contributed by atoms with Crippen molar-refractivity contribution in [2.75, 3.05) is 23.3 Å². The van der Waals surface area contributed by atoms with Gasteiger partial charge in [-0.1, -0.05) is 6.07 Å². The van der Waals surface area contributed by atoms with Gasteiger partial charge in [0.05, 0.1) is 4.92 Å². The number of nitrogens with one attached hydrogen (secondary N) is 2. The molecule has 2 heterocycles. The molecule has 1 aromatic carbocycles. The van der Waals surface area contributed by atoms with E-state index in [0.29, 0.717) is 17.8 Å². The second-order valence-electron chi connectivity index (χ2n) is 7.31. The largest absolute Gasteiger partial charge is 0.375 e. The Hall–Kier alpha value is -3.16. The van der Waals surface area contributed by atoms with Gasteiger partial charge < -0.3 is 15.5 Å². The van der Waals surface area contributed by atoms with Gasteiger partial charge in [0.15, 0.2) is 0 Å². The molecule has 2 aromatic rings. The Morgan fingerprint density at radius 3 is 2.64 bits per heavy atom. The maximum Gasteiger partial charge on any atom is 0.293 e. The first-order valence-electron chi connectivity index (χ1n) is 9.63. The van der Waals surface area contributed by atoms with Crippen molar-refractivity contribution in [3.8, 4) is 0 Å². The number of nitro benzene ring substituents is 1. The van der Waals surface area contributed by atoms with Gasteiger partial charge in [0.25, 0.3) is 11.6 Å². The second-order valence-corrected chi connectivity index (χ2v) is 7.31. The lowest BCUT2D eigenvalue weighted by Crippen LogP contribution is -2.25. The number of nitro groups is 1. The highest BCUT2D eigenvalue weighted by atomic mass is 16.6. The zero-order valence-corrected chi connectivity index (χ0v) is 15.6. The van der Waals surface area contributed by atoms with E-state index in [2.05, 4.69) is 20.5 Å². The Bertz CT molecular complexity index is 874. The second kappa shape index (κ2) is 7.84. The lowest BCUT2D eigenvalue weighted by Gasteiger charge is -2.16. The zero-order valence-electron chi connectivity index (χ0n) is 15.6. The van der Waals surface area contributed by atoms with Crippen LogP contribution in [0.3, 0.4) is 0 Å². The van der Waals surface area contributed by atoms with Crippen molar-refractivity contribution in [3.05, 3.63) is 57.8 Å². The number of rotatable bonds is 7. The van der Waals surface area contributed by atoms with Crippen LogP contribution in [-0.2, 0) is 6.54 Å². The minimum atomic E-state index is -0.467. The number of hydrogen-bond acceptors (Lipinski definition) is 6. The van der Waals surface area contributed by atoms with E-state index in [9.17, 15) is 14.9 Å². The topological polar surface area (TPSA) is 100 Å². The summed E-state index contributed by atoms with van der Waals surface area (Å²) in [7, 11) is 0. The minimum Gasteiger partial charge on any atom is -0.375 e. The fraction of sp³-hybridized carbons (Fsp3) is 0.400. The van der Waals surface area contributed by atoms with Crippen molar-refractivity contribution in [3.63, 3.8) is 0 Å². The number of amides is 1. The highest BCUT2D eigenvalue weighted by molar-refractivity contribution is 5.96. The first kappa shape index (κ1) is 18.2. The molecule has 1 aromatic heterocycles. The van der Waals surface area contributed by atoms with Gasteiger partial charge in [-0.3, -0.25) is 14.9 Å². The van der Waals surface area contributed by atoms with Gasteiger partial charge in [-0.2, -0.15) is 0 Å². The molecule has 2 N–H and O–H groups in total. The summed E-state index contributed by atoms with van der Waals surface area (Å²) < 4.78 is 0. The predicted octanol–water partition coefficient (Wildman–Crippen LogP) is 3.09. The molecule has 1 aliphatic heterocycles. The van der Waals surface area contributed by atoms with Crippen LogP contribution in [0.4, 0.5) is 17.2 Å². The average Bonchev–Trinajstić information content (AvgIpc) is 3.35. The van der Waals surface area contributed by atoms with Gasteiger partial charge in [0.2, 0.25) is 0 Å². The van der Waals surface area contributed by atoms with Crippen LogP contribution in [0.5, 0.6) is 0 Å². The summed E-state index contributed by atoms with van der Waals surface area (Å²) in [6.07, 6.45) is 6.13. The molecule has 0 unspecified atom stereocenters. The number of aromatic nitrogens is 1. The number of benzene rings is 1. The Labute approximate surface area is 163 Å². The van der Waals surface area contributed by atoms with Gasteiger partial charge in [-0.05, 0) is 49.4 Å². The molecule has 0 spiro atoms. The maximum absolute atomic E-state index is 12.1. The molecule has 0 bridgehead atoms. The highest BCUT2D eigenvalue weighted by Crippen LogP contribution is 2.27. The van der Waals surface area contributed by atoms with Crippen LogP contribution in [0.15, 0.2) is 36.5 Å². The van der Waals surface area contributed by atoms with Crippen molar-refractivity contribution in [1.82, 2.24) is 10.3 Å². The van der Waals surface area contributed by atoms with Crippen LogP contribution < -0.4 is 15.5 Å². The number of nitrogens with zero attached hydrogens (tertiary/aromatic N) is 3. The molecule has 0 atom stereocenters. The Morgan fingerprint density at radius 1 is 1.21 bits per heavy atom. The monoisotopic (exact) mass is 381 g/mol. The van der Waals surface area contributed by atoms with Gasteiger partial charge in [0, 0.05) is 43.5 Å². The van der Waals surface area contributed by atoms with E-state index in [-0.39, 0.29) is 17.6 Å². The van der Waals surface area contributed by atoms with E-state index in [0.717, 1.165) is 37.3 Å². The van der Waals surface area contributed by atoms with E-state index in [1.807, 2.05) is 12.1 Å². The predicted molar refractivity (Wildman–Crippen MR) is 107 cm³/mol. The normalized spacial score (nSPS) is 16.1. The SMILES string of the molecule is O=C(NC1CC1)c1ccc(NCc2ccc(N3CCCC3)nc2)c([N+](=O)[O-])c1. The first-order chi connectivity index (χ1) is 13.6. The molecule has 1 saturated heterocycles.